The van der Waals surface area contributed by atoms with Crippen molar-refractivity contribution in [2.75, 3.05) is 6.61 Å². The van der Waals surface area contributed by atoms with E-state index in [1.807, 2.05) is 29.9 Å². The van der Waals surface area contributed by atoms with Crippen LogP contribution in [-0.2, 0) is 6.54 Å². The number of phenols is 1. The van der Waals surface area contributed by atoms with Crippen LogP contribution in [0.15, 0.2) is 46.4 Å². The van der Waals surface area contributed by atoms with Gasteiger partial charge in [0.1, 0.15) is 0 Å². The van der Waals surface area contributed by atoms with E-state index in [1.54, 1.807) is 24.4 Å². The molecule has 2 rings (SSSR count). The molecule has 0 spiro atoms. The lowest BCUT2D eigenvalue weighted by Crippen LogP contribution is -2.14. The smallest absolute Gasteiger partial charge is 0.211 e. The topological polar surface area (TPSA) is 59.1 Å². The number of ether oxygens (including phenoxy) is 1. The van der Waals surface area contributed by atoms with Crippen molar-refractivity contribution in [3.05, 3.63) is 52.3 Å². The van der Waals surface area contributed by atoms with E-state index in [4.69, 9.17) is 4.74 Å². The molecule has 1 N–H and O–H groups in total. The van der Waals surface area contributed by atoms with E-state index in [-0.39, 0.29) is 5.75 Å². The molecule has 0 atom stereocenters. The van der Waals surface area contributed by atoms with Gasteiger partial charge in [0.15, 0.2) is 11.5 Å². The number of nitrogens with zero attached hydrogens (tertiary/aromatic N) is 3. The molecule has 0 unspecified atom stereocenters. The van der Waals surface area contributed by atoms with Crippen LogP contribution in [0.1, 0.15) is 18.2 Å². The van der Waals surface area contributed by atoms with Crippen molar-refractivity contribution < 1.29 is 9.84 Å². The van der Waals surface area contributed by atoms with Gasteiger partial charge in [-0.25, -0.2) is 0 Å². The molecule has 0 saturated carbocycles. The van der Waals surface area contributed by atoms with Crippen molar-refractivity contribution in [2.24, 2.45) is 10.2 Å². The first-order chi connectivity index (χ1) is 10.7. The number of thiazole rings is 1. The maximum absolute atomic E-state index is 9.66. The summed E-state index contributed by atoms with van der Waals surface area (Å²) in [4.78, 5) is 0.817. The lowest BCUT2D eigenvalue weighted by Gasteiger charge is -2.05. The Kier molecular flexibility index (Phi) is 5.55. The average Bonchev–Trinajstić information content (AvgIpc) is 2.84. The average molecular weight is 317 g/mol. The number of benzene rings is 1. The molecule has 1 aromatic heterocycles. The summed E-state index contributed by atoms with van der Waals surface area (Å²) >= 11 is 1.54. The molecule has 6 heteroatoms. The quantitative estimate of drug-likeness (QED) is 0.505. The number of allylic oxidation sites excluding steroid dienone is 1. The van der Waals surface area contributed by atoms with Crippen LogP contribution >= 0.6 is 11.3 Å². The Morgan fingerprint density at radius 3 is 3.00 bits per heavy atom. The molecule has 0 saturated heterocycles. The van der Waals surface area contributed by atoms with Crippen molar-refractivity contribution in [2.45, 2.75) is 20.4 Å². The molecular weight excluding hydrogens is 298 g/mol. The van der Waals surface area contributed by atoms with Crippen LogP contribution in [0, 0.1) is 6.92 Å². The second-order valence-electron chi connectivity index (χ2n) is 4.56. The molecule has 0 fully saturated rings. The molecule has 0 amide bonds. The number of phenolic OH excluding ortho intramolecular Hbond substituents is 1. The maximum atomic E-state index is 9.66. The van der Waals surface area contributed by atoms with Gasteiger partial charge in [0.05, 0.1) is 12.8 Å². The number of rotatable bonds is 6. The number of hydrogen-bond donors (Lipinski definition) is 1. The first kappa shape index (κ1) is 16.0. The zero-order valence-corrected chi connectivity index (χ0v) is 13.5. The number of aromatic nitrogens is 1. The molecular formula is C16H19N3O2S. The third-order valence-electron chi connectivity index (χ3n) is 2.94. The second-order valence-corrected chi connectivity index (χ2v) is 5.40. The van der Waals surface area contributed by atoms with Gasteiger partial charge in [-0.3, -0.25) is 0 Å². The Balaban J connectivity index is 2.24. The zero-order chi connectivity index (χ0) is 15.9. The maximum Gasteiger partial charge on any atom is 0.211 e. The SMILES string of the molecule is C=CCn1c(C)cs/c1=N\N=C/c1ccc(O)c(OCC)c1. The predicted molar refractivity (Wildman–Crippen MR) is 89.7 cm³/mol. The fourth-order valence-corrected chi connectivity index (χ4v) is 2.72. The fourth-order valence-electron chi connectivity index (χ4n) is 1.87. The number of aryl methyl sites for hydroxylation is 1. The second kappa shape index (κ2) is 7.61. The van der Waals surface area contributed by atoms with E-state index in [0.29, 0.717) is 18.9 Å². The van der Waals surface area contributed by atoms with E-state index in [0.717, 1.165) is 16.1 Å². The Morgan fingerprint density at radius 2 is 2.27 bits per heavy atom. The summed E-state index contributed by atoms with van der Waals surface area (Å²) in [6.07, 6.45) is 3.46. The number of hydrogen-bond acceptors (Lipinski definition) is 5. The van der Waals surface area contributed by atoms with E-state index in [1.165, 1.54) is 11.3 Å². The highest BCUT2D eigenvalue weighted by atomic mass is 32.1. The minimum absolute atomic E-state index is 0.119. The molecule has 1 heterocycles. The van der Waals surface area contributed by atoms with Crippen molar-refractivity contribution >= 4 is 17.6 Å². The Labute approximate surface area is 133 Å². The van der Waals surface area contributed by atoms with Gasteiger partial charge in [0.25, 0.3) is 0 Å². The van der Waals surface area contributed by atoms with Crippen molar-refractivity contribution in [3.8, 4) is 11.5 Å². The third kappa shape index (κ3) is 3.85. The van der Waals surface area contributed by atoms with Gasteiger partial charge in [0, 0.05) is 17.6 Å². The first-order valence-electron chi connectivity index (χ1n) is 6.94. The van der Waals surface area contributed by atoms with Crippen LogP contribution in [0.25, 0.3) is 0 Å². The van der Waals surface area contributed by atoms with Gasteiger partial charge < -0.3 is 14.4 Å². The zero-order valence-electron chi connectivity index (χ0n) is 12.7. The molecule has 22 heavy (non-hydrogen) atoms. The normalized spacial score (nSPS) is 12.0. The Bertz CT molecular complexity index is 744. The van der Waals surface area contributed by atoms with Crippen LogP contribution < -0.4 is 9.54 Å². The van der Waals surface area contributed by atoms with Gasteiger partial charge in [0.2, 0.25) is 4.80 Å². The monoisotopic (exact) mass is 317 g/mol. The lowest BCUT2D eigenvalue weighted by molar-refractivity contribution is 0.318. The molecule has 0 aliphatic rings. The van der Waals surface area contributed by atoms with Gasteiger partial charge in [-0.2, -0.15) is 5.10 Å². The predicted octanol–water partition coefficient (Wildman–Crippen LogP) is 3.08. The summed E-state index contributed by atoms with van der Waals surface area (Å²) in [5.41, 5.74) is 1.94. The number of aromatic hydroxyl groups is 1. The van der Waals surface area contributed by atoms with Crippen LogP contribution in [0.4, 0.5) is 0 Å². The minimum atomic E-state index is 0.119. The van der Waals surface area contributed by atoms with Gasteiger partial charge in [-0.15, -0.1) is 23.0 Å². The summed E-state index contributed by atoms with van der Waals surface area (Å²) in [5, 5.41) is 20.1. The molecule has 0 bridgehead atoms. The van der Waals surface area contributed by atoms with E-state index in [2.05, 4.69) is 16.8 Å². The molecule has 0 aliphatic heterocycles. The highest BCUT2D eigenvalue weighted by Crippen LogP contribution is 2.26. The Morgan fingerprint density at radius 1 is 1.45 bits per heavy atom. The molecule has 5 nitrogen and oxygen atoms in total. The summed E-state index contributed by atoms with van der Waals surface area (Å²) in [7, 11) is 0. The van der Waals surface area contributed by atoms with E-state index < -0.39 is 0 Å². The summed E-state index contributed by atoms with van der Waals surface area (Å²) < 4.78 is 7.38. The third-order valence-corrected chi connectivity index (χ3v) is 3.91. The minimum Gasteiger partial charge on any atom is -0.504 e. The summed E-state index contributed by atoms with van der Waals surface area (Å²) in [5.74, 6) is 0.564. The van der Waals surface area contributed by atoms with Crippen molar-refractivity contribution in [1.82, 2.24) is 4.57 Å². The first-order valence-corrected chi connectivity index (χ1v) is 7.82. The van der Waals surface area contributed by atoms with E-state index >= 15 is 0 Å². The highest BCUT2D eigenvalue weighted by molar-refractivity contribution is 7.07. The highest BCUT2D eigenvalue weighted by Gasteiger charge is 2.02. The van der Waals surface area contributed by atoms with Crippen molar-refractivity contribution in [3.63, 3.8) is 0 Å². The Hall–Kier alpha value is -2.34. The summed E-state index contributed by atoms with van der Waals surface area (Å²) in [6, 6.07) is 5.07. The standard InChI is InChI=1S/C16H19N3O2S/c1-4-8-19-12(3)11-22-16(19)18-17-10-13-6-7-14(20)15(9-13)21-5-2/h4,6-7,9-11,20H,1,5,8H2,2-3H3/b17-10-,18-16-. The van der Waals surface area contributed by atoms with Crippen LogP contribution in [-0.4, -0.2) is 22.5 Å². The molecule has 0 radical (unpaired) electrons. The van der Waals surface area contributed by atoms with Crippen molar-refractivity contribution in [1.29, 1.82) is 0 Å². The van der Waals surface area contributed by atoms with Crippen LogP contribution in [0.2, 0.25) is 0 Å². The molecule has 116 valence electrons. The van der Waals surface area contributed by atoms with Crippen LogP contribution in [0.3, 0.4) is 0 Å². The molecule has 2 aromatic rings. The molecule has 0 aliphatic carbocycles. The largest absolute Gasteiger partial charge is 0.504 e. The van der Waals surface area contributed by atoms with Gasteiger partial charge in [-0.1, -0.05) is 6.08 Å². The van der Waals surface area contributed by atoms with Crippen LogP contribution in [0.5, 0.6) is 11.5 Å². The summed E-state index contributed by atoms with van der Waals surface area (Å²) in [6.45, 7) is 8.84. The van der Waals surface area contributed by atoms with Gasteiger partial charge in [-0.05, 0) is 37.6 Å². The fraction of sp³-hybridized carbons (Fsp3) is 0.250. The lowest BCUT2D eigenvalue weighted by atomic mass is 10.2. The molecule has 1 aromatic carbocycles. The van der Waals surface area contributed by atoms with E-state index in [9.17, 15) is 5.11 Å². The van der Waals surface area contributed by atoms with Gasteiger partial charge >= 0.3 is 0 Å².